The highest BCUT2D eigenvalue weighted by Gasteiger charge is 2.21. The Morgan fingerprint density at radius 1 is 1.07 bits per heavy atom. The number of carbonyl (C=O) groups excluding carboxylic acids is 1. The minimum absolute atomic E-state index is 0.142. The molecule has 0 fully saturated rings. The minimum atomic E-state index is -3.69. The van der Waals surface area contributed by atoms with Crippen LogP contribution in [0.3, 0.4) is 0 Å². The Morgan fingerprint density at radius 2 is 1.69 bits per heavy atom. The van der Waals surface area contributed by atoms with Crippen molar-refractivity contribution in [3.05, 3.63) is 47.0 Å². The van der Waals surface area contributed by atoms with Crippen LogP contribution in [0.25, 0.3) is 0 Å². The van der Waals surface area contributed by atoms with Gasteiger partial charge in [0, 0.05) is 11.6 Å². The van der Waals surface area contributed by atoms with E-state index in [4.69, 9.17) is 25.8 Å². The predicted octanol–water partition coefficient (Wildman–Crippen LogP) is 2.45. The van der Waals surface area contributed by atoms with E-state index in [1.54, 1.807) is 30.3 Å². The highest BCUT2D eigenvalue weighted by Crippen LogP contribution is 2.38. The van der Waals surface area contributed by atoms with E-state index in [1.807, 2.05) is 0 Å². The third-order valence-electron chi connectivity index (χ3n) is 4.00. The van der Waals surface area contributed by atoms with E-state index >= 15 is 0 Å². The van der Waals surface area contributed by atoms with Crippen LogP contribution in [0.5, 0.6) is 17.2 Å². The largest absolute Gasteiger partial charge is 0.493 e. The van der Waals surface area contributed by atoms with Gasteiger partial charge in [0.15, 0.2) is 11.5 Å². The highest BCUT2D eigenvalue weighted by atomic mass is 35.5. The normalized spacial score (nSPS) is 10.9. The molecule has 0 heterocycles. The van der Waals surface area contributed by atoms with Gasteiger partial charge in [0.05, 0.1) is 33.3 Å². The summed E-state index contributed by atoms with van der Waals surface area (Å²) in [4.78, 5) is 12.4. The van der Waals surface area contributed by atoms with Crippen molar-refractivity contribution in [2.24, 2.45) is 0 Å². The second kappa shape index (κ2) is 9.71. The topological polar surface area (TPSA) is 94.2 Å². The van der Waals surface area contributed by atoms with Gasteiger partial charge in [-0.2, -0.15) is 0 Å². The van der Waals surface area contributed by atoms with Crippen molar-refractivity contribution in [3.8, 4) is 17.2 Å². The van der Waals surface area contributed by atoms with Crippen LogP contribution < -0.4 is 23.8 Å². The molecule has 0 saturated heterocycles. The number of carbonyl (C=O) groups is 1. The maximum absolute atomic E-state index is 12.4. The molecule has 29 heavy (non-hydrogen) atoms. The number of sulfonamides is 1. The van der Waals surface area contributed by atoms with E-state index in [1.165, 1.54) is 27.4 Å². The Morgan fingerprint density at radius 3 is 2.17 bits per heavy atom. The lowest BCUT2D eigenvalue weighted by atomic mass is 10.1. The molecule has 0 aliphatic heterocycles. The fourth-order valence-electron chi connectivity index (χ4n) is 2.66. The number of methoxy groups -OCH3 is 3. The second-order valence-corrected chi connectivity index (χ2v) is 8.40. The maximum Gasteiger partial charge on any atom is 0.241 e. The molecule has 1 amide bonds. The molecule has 0 atom stereocenters. The van der Waals surface area contributed by atoms with E-state index in [2.05, 4.69) is 5.32 Å². The lowest BCUT2D eigenvalue weighted by Gasteiger charge is -2.22. The summed E-state index contributed by atoms with van der Waals surface area (Å²) in [5.74, 6) is 0.860. The van der Waals surface area contributed by atoms with Gasteiger partial charge in [-0.25, -0.2) is 8.42 Å². The molecule has 2 aromatic carbocycles. The molecule has 158 valence electrons. The smallest absolute Gasteiger partial charge is 0.241 e. The quantitative estimate of drug-likeness (QED) is 0.641. The second-order valence-electron chi connectivity index (χ2n) is 6.06. The average Bonchev–Trinajstić information content (AvgIpc) is 2.68. The maximum atomic E-state index is 12.4. The first-order valence-corrected chi connectivity index (χ1v) is 10.7. The summed E-state index contributed by atoms with van der Waals surface area (Å²) in [5.41, 5.74) is 1.00. The number of anilines is 1. The number of benzene rings is 2. The summed E-state index contributed by atoms with van der Waals surface area (Å²) in [6.45, 7) is -0.244. The molecule has 2 aromatic rings. The summed E-state index contributed by atoms with van der Waals surface area (Å²) in [6, 6.07) is 9.69. The van der Waals surface area contributed by atoms with Gasteiger partial charge in [-0.1, -0.05) is 17.7 Å². The SMILES string of the molecule is COc1cc(CNC(=O)CN(c2cccc(Cl)c2)S(C)(=O)=O)cc(OC)c1OC. The van der Waals surface area contributed by atoms with E-state index in [9.17, 15) is 13.2 Å². The average molecular weight is 443 g/mol. The molecule has 0 aromatic heterocycles. The van der Waals surface area contributed by atoms with Crippen LogP contribution in [0.15, 0.2) is 36.4 Å². The van der Waals surface area contributed by atoms with Crippen molar-refractivity contribution in [3.63, 3.8) is 0 Å². The van der Waals surface area contributed by atoms with Crippen molar-refractivity contribution in [1.82, 2.24) is 5.32 Å². The van der Waals surface area contributed by atoms with Crippen LogP contribution in [-0.4, -0.2) is 48.5 Å². The first-order valence-electron chi connectivity index (χ1n) is 8.48. The van der Waals surface area contributed by atoms with Crippen molar-refractivity contribution in [2.75, 3.05) is 38.4 Å². The molecular weight excluding hydrogens is 420 g/mol. The van der Waals surface area contributed by atoms with Crippen molar-refractivity contribution < 1.29 is 27.4 Å². The molecular formula is C19H23ClN2O6S. The van der Waals surface area contributed by atoms with Gasteiger partial charge in [0.1, 0.15) is 6.54 Å². The lowest BCUT2D eigenvalue weighted by Crippen LogP contribution is -2.40. The third kappa shape index (κ3) is 5.91. The van der Waals surface area contributed by atoms with Crippen LogP contribution in [0.1, 0.15) is 5.56 Å². The Hall–Kier alpha value is -2.65. The number of rotatable bonds is 9. The molecule has 8 nitrogen and oxygen atoms in total. The van der Waals surface area contributed by atoms with Crippen molar-refractivity contribution in [2.45, 2.75) is 6.54 Å². The van der Waals surface area contributed by atoms with Gasteiger partial charge in [0.2, 0.25) is 21.7 Å². The van der Waals surface area contributed by atoms with Gasteiger partial charge >= 0.3 is 0 Å². The summed E-state index contributed by atoms with van der Waals surface area (Å²) in [6.07, 6.45) is 1.03. The van der Waals surface area contributed by atoms with Crippen molar-refractivity contribution in [1.29, 1.82) is 0 Å². The minimum Gasteiger partial charge on any atom is -0.493 e. The van der Waals surface area contributed by atoms with E-state index in [0.29, 0.717) is 33.5 Å². The molecule has 0 bridgehead atoms. The number of ether oxygens (including phenoxy) is 3. The van der Waals surface area contributed by atoms with E-state index in [0.717, 1.165) is 10.6 Å². The number of hydrogen-bond acceptors (Lipinski definition) is 6. The molecule has 0 spiro atoms. The molecule has 0 aliphatic rings. The molecule has 0 unspecified atom stereocenters. The van der Waals surface area contributed by atoms with Gasteiger partial charge in [0.25, 0.3) is 0 Å². The fourth-order valence-corrected chi connectivity index (χ4v) is 3.69. The summed E-state index contributed by atoms with van der Waals surface area (Å²) >= 11 is 5.94. The summed E-state index contributed by atoms with van der Waals surface area (Å²) < 4.78 is 41.1. The Balaban J connectivity index is 2.15. The Labute approximate surface area is 175 Å². The third-order valence-corrected chi connectivity index (χ3v) is 5.37. The predicted molar refractivity (Wildman–Crippen MR) is 112 cm³/mol. The summed E-state index contributed by atoms with van der Waals surface area (Å²) in [7, 11) is 0.801. The number of nitrogens with one attached hydrogen (secondary N) is 1. The van der Waals surface area contributed by atoms with Gasteiger partial charge in [-0.15, -0.1) is 0 Å². The zero-order valence-corrected chi connectivity index (χ0v) is 18.1. The Bertz CT molecular complexity index is 955. The number of hydrogen-bond donors (Lipinski definition) is 1. The van der Waals surface area contributed by atoms with Crippen LogP contribution in [0.4, 0.5) is 5.69 Å². The van der Waals surface area contributed by atoms with Crippen LogP contribution >= 0.6 is 11.6 Å². The fraction of sp³-hybridized carbons (Fsp3) is 0.316. The first kappa shape index (κ1) is 22.6. The van der Waals surface area contributed by atoms with E-state index < -0.39 is 15.9 Å². The zero-order chi connectivity index (χ0) is 21.6. The highest BCUT2D eigenvalue weighted by molar-refractivity contribution is 7.92. The zero-order valence-electron chi connectivity index (χ0n) is 16.6. The molecule has 2 rings (SSSR count). The van der Waals surface area contributed by atoms with Crippen LogP contribution in [-0.2, 0) is 21.4 Å². The molecule has 10 heteroatoms. The number of nitrogens with zero attached hydrogens (tertiary/aromatic N) is 1. The molecule has 0 radical (unpaired) electrons. The number of halogens is 1. The first-order chi connectivity index (χ1) is 13.7. The standard InChI is InChI=1S/C19H23ClN2O6S/c1-26-16-8-13(9-17(27-2)19(16)28-3)11-21-18(23)12-22(29(4,24)25)15-7-5-6-14(20)10-15/h5-10H,11-12H2,1-4H3,(H,21,23). The van der Waals surface area contributed by atoms with Gasteiger partial charge in [-0.3, -0.25) is 9.10 Å². The van der Waals surface area contributed by atoms with Gasteiger partial charge < -0.3 is 19.5 Å². The molecule has 0 aliphatic carbocycles. The lowest BCUT2D eigenvalue weighted by molar-refractivity contribution is -0.119. The van der Waals surface area contributed by atoms with Crippen LogP contribution in [0, 0.1) is 0 Å². The monoisotopic (exact) mass is 442 g/mol. The van der Waals surface area contributed by atoms with Crippen molar-refractivity contribution >= 4 is 33.2 Å². The van der Waals surface area contributed by atoms with Crippen LogP contribution in [0.2, 0.25) is 5.02 Å². The number of amides is 1. The van der Waals surface area contributed by atoms with E-state index in [-0.39, 0.29) is 13.1 Å². The Kier molecular flexibility index (Phi) is 7.58. The van der Waals surface area contributed by atoms with Gasteiger partial charge in [-0.05, 0) is 35.9 Å². The molecule has 0 saturated carbocycles. The summed E-state index contributed by atoms with van der Waals surface area (Å²) in [5, 5.41) is 3.07. The molecule has 1 N–H and O–H groups in total.